The van der Waals surface area contributed by atoms with Gasteiger partial charge in [0.2, 0.25) is 0 Å². The first kappa shape index (κ1) is 18.6. The van der Waals surface area contributed by atoms with Gasteiger partial charge in [-0.25, -0.2) is 4.98 Å². The monoisotopic (exact) mass is 343 g/mol. The van der Waals surface area contributed by atoms with Crippen molar-refractivity contribution in [3.8, 4) is 11.5 Å². The van der Waals surface area contributed by atoms with Gasteiger partial charge in [0, 0.05) is 19.7 Å². The van der Waals surface area contributed by atoms with E-state index in [0.717, 1.165) is 25.1 Å². The molecule has 0 radical (unpaired) electrons. The van der Waals surface area contributed by atoms with E-state index in [4.69, 9.17) is 9.47 Å². The molecule has 1 amide bonds. The molecular weight excluding hydrogens is 318 g/mol. The van der Waals surface area contributed by atoms with E-state index < -0.39 is 0 Å². The Kier molecular flexibility index (Phi) is 6.62. The Morgan fingerprint density at radius 3 is 2.60 bits per heavy atom. The van der Waals surface area contributed by atoms with Crippen LogP contribution in [0.2, 0.25) is 0 Å². The van der Waals surface area contributed by atoms with Crippen molar-refractivity contribution in [2.45, 2.75) is 19.8 Å². The molecule has 0 saturated heterocycles. The summed E-state index contributed by atoms with van der Waals surface area (Å²) < 4.78 is 10.5. The first-order valence-corrected chi connectivity index (χ1v) is 8.29. The Morgan fingerprint density at radius 2 is 2.00 bits per heavy atom. The number of benzene rings is 1. The Balaban J connectivity index is 2.11. The van der Waals surface area contributed by atoms with E-state index in [1.165, 1.54) is 0 Å². The van der Waals surface area contributed by atoms with Gasteiger partial charge in [0.1, 0.15) is 17.2 Å². The minimum Gasteiger partial charge on any atom is -0.497 e. The van der Waals surface area contributed by atoms with Gasteiger partial charge in [-0.2, -0.15) is 0 Å². The molecule has 0 aliphatic heterocycles. The summed E-state index contributed by atoms with van der Waals surface area (Å²) in [6.45, 7) is 3.12. The van der Waals surface area contributed by atoms with Gasteiger partial charge in [-0.3, -0.25) is 4.79 Å². The second kappa shape index (κ2) is 8.92. The van der Waals surface area contributed by atoms with E-state index >= 15 is 0 Å². The molecule has 6 nitrogen and oxygen atoms in total. The maximum absolute atomic E-state index is 12.5. The van der Waals surface area contributed by atoms with Crippen molar-refractivity contribution >= 4 is 17.3 Å². The lowest BCUT2D eigenvalue weighted by molar-refractivity contribution is 0.102. The van der Waals surface area contributed by atoms with E-state index in [9.17, 15) is 4.79 Å². The summed E-state index contributed by atoms with van der Waals surface area (Å²) in [5, 5.41) is 2.82. The van der Waals surface area contributed by atoms with Gasteiger partial charge in [-0.1, -0.05) is 13.3 Å². The molecule has 1 aromatic heterocycles. The standard InChI is InChI=1S/C19H25N3O3/c1-5-6-11-22(2)14-7-9-16(20-13-14)19(23)21-17-12-15(24-3)8-10-18(17)25-4/h7-10,12-13H,5-6,11H2,1-4H3,(H,21,23). The second-order valence-electron chi connectivity index (χ2n) is 5.70. The second-order valence-corrected chi connectivity index (χ2v) is 5.70. The van der Waals surface area contributed by atoms with Crippen LogP contribution in [0.5, 0.6) is 11.5 Å². The topological polar surface area (TPSA) is 63.7 Å². The van der Waals surface area contributed by atoms with Gasteiger partial charge in [0.25, 0.3) is 5.91 Å². The highest BCUT2D eigenvalue weighted by molar-refractivity contribution is 6.03. The molecule has 2 rings (SSSR count). The number of pyridine rings is 1. The average molecular weight is 343 g/mol. The van der Waals surface area contributed by atoms with Crippen LogP contribution in [0.15, 0.2) is 36.5 Å². The van der Waals surface area contributed by atoms with Crippen molar-refractivity contribution < 1.29 is 14.3 Å². The SMILES string of the molecule is CCCCN(C)c1ccc(C(=O)Nc2cc(OC)ccc2OC)nc1. The summed E-state index contributed by atoms with van der Waals surface area (Å²) in [7, 11) is 5.15. The molecule has 0 atom stereocenters. The van der Waals surface area contributed by atoms with Gasteiger partial charge in [-0.05, 0) is 30.7 Å². The number of carbonyl (C=O) groups is 1. The quantitative estimate of drug-likeness (QED) is 0.793. The number of rotatable bonds is 8. The number of carbonyl (C=O) groups excluding carboxylic acids is 1. The van der Waals surface area contributed by atoms with Crippen LogP contribution < -0.4 is 19.7 Å². The number of hydrogen-bond acceptors (Lipinski definition) is 5. The maximum atomic E-state index is 12.5. The molecule has 0 unspecified atom stereocenters. The largest absolute Gasteiger partial charge is 0.497 e. The number of aromatic nitrogens is 1. The van der Waals surface area contributed by atoms with E-state index in [0.29, 0.717) is 22.9 Å². The Bertz CT molecular complexity index is 702. The van der Waals surface area contributed by atoms with Crippen LogP contribution in [0.4, 0.5) is 11.4 Å². The van der Waals surface area contributed by atoms with E-state index in [-0.39, 0.29) is 5.91 Å². The molecule has 1 N–H and O–H groups in total. The third kappa shape index (κ3) is 4.86. The molecule has 0 aliphatic carbocycles. The van der Waals surface area contributed by atoms with Crippen LogP contribution >= 0.6 is 0 Å². The number of ether oxygens (including phenoxy) is 2. The summed E-state index contributed by atoms with van der Waals surface area (Å²) >= 11 is 0. The van der Waals surface area contributed by atoms with Crippen LogP contribution in [-0.4, -0.2) is 38.7 Å². The molecule has 134 valence electrons. The minimum atomic E-state index is -0.297. The van der Waals surface area contributed by atoms with E-state index in [2.05, 4.69) is 22.1 Å². The molecule has 2 aromatic rings. The number of anilines is 2. The number of nitrogens with one attached hydrogen (secondary N) is 1. The Labute approximate surface area is 148 Å². The predicted octanol–water partition coefficient (Wildman–Crippen LogP) is 3.59. The number of amides is 1. The first-order valence-electron chi connectivity index (χ1n) is 8.29. The van der Waals surface area contributed by atoms with Gasteiger partial charge >= 0.3 is 0 Å². The van der Waals surface area contributed by atoms with Crippen LogP contribution in [0.25, 0.3) is 0 Å². The third-order valence-electron chi connectivity index (χ3n) is 3.92. The zero-order valence-electron chi connectivity index (χ0n) is 15.2. The molecule has 6 heteroatoms. The highest BCUT2D eigenvalue weighted by Crippen LogP contribution is 2.29. The number of methoxy groups -OCH3 is 2. The van der Waals surface area contributed by atoms with Crippen molar-refractivity contribution in [2.75, 3.05) is 38.0 Å². The lowest BCUT2D eigenvalue weighted by atomic mass is 10.2. The molecule has 0 aliphatic rings. The van der Waals surface area contributed by atoms with Crippen LogP contribution in [0.3, 0.4) is 0 Å². The molecule has 0 spiro atoms. The molecule has 0 saturated carbocycles. The Hall–Kier alpha value is -2.76. The summed E-state index contributed by atoms with van der Waals surface area (Å²) in [6.07, 6.45) is 3.97. The normalized spacial score (nSPS) is 10.2. The molecule has 25 heavy (non-hydrogen) atoms. The van der Waals surface area contributed by atoms with E-state index in [1.54, 1.807) is 44.7 Å². The molecule has 1 heterocycles. The fourth-order valence-electron chi connectivity index (χ4n) is 2.37. The lowest BCUT2D eigenvalue weighted by Crippen LogP contribution is -2.19. The van der Waals surface area contributed by atoms with Gasteiger partial charge in [0.15, 0.2) is 0 Å². The maximum Gasteiger partial charge on any atom is 0.274 e. The fraction of sp³-hybridized carbons (Fsp3) is 0.368. The number of hydrogen-bond donors (Lipinski definition) is 1. The molecule has 0 bridgehead atoms. The third-order valence-corrected chi connectivity index (χ3v) is 3.92. The highest BCUT2D eigenvalue weighted by Gasteiger charge is 2.12. The molecule has 1 aromatic carbocycles. The zero-order valence-corrected chi connectivity index (χ0v) is 15.2. The summed E-state index contributed by atoms with van der Waals surface area (Å²) in [5.74, 6) is 0.899. The van der Waals surface area contributed by atoms with Crippen LogP contribution in [-0.2, 0) is 0 Å². The summed E-state index contributed by atoms with van der Waals surface area (Å²) in [4.78, 5) is 18.9. The van der Waals surface area contributed by atoms with Crippen molar-refractivity contribution in [3.63, 3.8) is 0 Å². The minimum absolute atomic E-state index is 0.297. The number of nitrogens with zero attached hydrogens (tertiary/aromatic N) is 2. The first-order chi connectivity index (χ1) is 12.1. The molecular formula is C19H25N3O3. The summed E-state index contributed by atoms with van der Waals surface area (Å²) in [5.41, 5.74) is 1.87. The smallest absolute Gasteiger partial charge is 0.274 e. The zero-order chi connectivity index (χ0) is 18.2. The summed E-state index contributed by atoms with van der Waals surface area (Å²) in [6, 6.07) is 8.85. The number of unbranched alkanes of at least 4 members (excludes halogenated alkanes) is 1. The van der Waals surface area contributed by atoms with Crippen LogP contribution in [0, 0.1) is 0 Å². The predicted molar refractivity (Wildman–Crippen MR) is 99.9 cm³/mol. The van der Waals surface area contributed by atoms with Crippen molar-refractivity contribution in [3.05, 3.63) is 42.2 Å². The van der Waals surface area contributed by atoms with Crippen LogP contribution in [0.1, 0.15) is 30.3 Å². The lowest BCUT2D eigenvalue weighted by Gasteiger charge is -2.18. The van der Waals surface area contributed by atoms with Crippen molar-refractivity contribution in [1.82, 2.24) is 4.98 Å². The van der Waals surface area contributed by atoms with Crippen molar-refractivity contribution in [2.24, 2.45) is 0 Å². The molecule has 0 fully saturated rings. The van der Waals surface area contributed by atoms with Gasteiger partial charge < -0.3 is 19.7 Å². The van der Waals surface area contributed by atoms with Crippen molar-refractivity contribution in [1.29, 1.82) is 0 Å². The fourth-order valence-corrected chi connectivity index (χ4v) is 2.37. The van der Waals surface area contributed by atoms with E-state index in [1.807, 2.05) is 13.1 Å². The highest BCUT2D eigenvalue weighted by atomic mass is 16.5. The Morgan fingerprint density at radius 1 is 1.20 bits per heavy atom. The van der Waals surface area contributed by atoms with Gasteiger partial charge in [0.05, 0.1) is 31.8 Å². The average Bonchev–Trinajstić information content (AvgIpc) is 2.66. The van der Waals surface area contributed by atoms with Gasteiger partial charge in [-0.15, -0.1) is 0 Å².